The molecule has 0 spiro atoms. The third-order valence-corrected chi connectivity index (χ3v) is 9.04. The van der Waals surface area contributed by atoms with Gasteiger partial charge in [-0.3, -0.25) is 8.67 Å². The lowest BCUT2D eigenvalue weighted by atomic mass is 9.85. The Morgan fingerprint density at radius 2 is 1.65 bits per heavy atom. The quantitative estimate of drug-likeness (QED) is 0.357. The predicted octanol–water partition coefficient (Wildman–Crippen LogP) is 3.08. The summed E-state index contributed by atoms with van der Waals surface area (Å²) in [5, 5.41) is 0.700. The van der Waals surface area contributed by atoms with E-state index in [1.807, 2.05) is 6.92 Å². The minimum absolute atomic E-state index is 0.206. The third kappa shape index (κ3) is 4.88. The molecular weight excluding hydrogens is 476 g/mol. The maximum Gasteiger partial charge on any atom is 0.269 e. The van der Waals surface area contributed by atoms with Gasteiger partial charge in [-0.15, -0.1) is 0 Å². The van der Waals surface area contributed by atoms with Crippen LogP contribution in [0.15, 0.2) is 47.8 Å². The largest absolute Gasteiger partial charge is 0.276 e. The van der Waals surface area contributed by atoms with E-state index in [0.717, 1.165) is 43.3 Å². The van der Waals surface area contributed by atoms with Gasteiger partial charge in [0.25, 0.3) is 20.1 Å². The summed E-state index contributed by atoms with van der Waals surface area (Å²) >= 11 is 0. The van der Waals surface area contributed by atoms with Crippen molar-refractivity contribution >= 4 is 37.0 Å². The Labute approximate surface area is 201 Å². The number of benzene rings is 1. The summed E-state index contributed by atoms with van der Waals surface area (Å²) < 4.78 is 55.9. The summed E-state index contributed by atoms with van der Waals surface area (Å²) in [5.41, 5.74) is 1.34. The Bertz CT molecular complexity index is 1390. The van der Waals surface area contributed by atoms with Crippen molar-refractivity contribution in [3.8, 4) is 0 Å². The molecule has 0 atom stereocenters. The van der Waals surface area contributed by atoms with E-state index in [4.69, 9.17) is 4.18 Å². The van der Waals surface area contributed by atoms with Gasteiger partial charge in [-0.05, 0) is 43.9 Å². The fourth-order valence-electron chi connectivity index (χ4n) is 4.74. The van der Waals surface area contributed by atoms with Crippen LogP contribution in [-0.2, 0) is 24.3 Å². The fraction of sp³-hybridized carbons (Fsp3) is 0.478. The normalized spacial score (nSPS) is 20.0. The molecule has 11 heteroatoms. The molecule has 1 aliphatic rings. The van der Waals surface area contributed by atoms with Crippen molar-refractivity contribution in [2.45, 2.75) is 43.5 Å². The SMILES string of the molecule is Cc1ccc(S(=O)(=O)n2ccc3c([N+](C)(C)C4CCC(COS(C)(=O)=O)CC4)ncnc32)cc1. The Morgan fingerprint density at radius 1 is 1.00 bits per heavy atom. The summed E-state index contributed by atoms with van der Waals surface area (Å²) in [5.74, 6) is 0.968. The number of nitrogens with zero attached hydrogens (tertiary/aromatic N) is 4. The van der Waals surface area contributed by atoms with Gasteiger partial charge >= 0.3 is 0 Å². The molecule has 3 aromatic rings. The monoisotopic (exact) mass is 507 g/mol. The van der Waals surface area contributed by atoms with Crippen LogP contribution in [0.4, 0.5) is 5.82 Å². The van der Waals surface area contributed by atoms with Crippen LogP contribution in [0, 0.1) is 12.8 Å². The highest BCUT2D eigenvalue weighted by molar-refractivity contribution is 7.90. The Hall–Kier alpha value is -2.34. The molecule has 1 saturated carbocycles. The first-order valence-electron chi connectivity index (χ1n) is 11.2. The van der Waals surface area contributed by atoms with Crippen molar-refractivity contribution in [3.05, 3.63) is 48.4 Å². The summed E-state index contributed by atoms with van der Waals surface area (Å²) in [6.45, 7) is 2.13. The number of aryl methyl sites for hydroxylation is 1. The van der Waals surface area contributed by atoms with E-state index >= 15 is 0 Å². The van der Waals surface area contributed by atoms with Crippen LogP contribution in [0.5, 0.6) is 0 Å². The molecule has 0 unspecified atom stereocenters. The van der Waals surface area contributed by atoms with E-state index in [1.165, 1.54) is 16.5 Å². The minimum Gasteiger partial charge on any atom is -0.276 e. The van der Waals surface area contributed by atoms with Crippen LogP contribution >= 0.6 is 0 Å². The number of rotatable bonds is 7. The van der Waals surface area contributed by atoms with Crippen LogP contribution in [0.2, 0.25) is 0 Å². The topological polar surface area (TPSA) is 108 Å². The van der Waals surface area contributed by atoms with Gasteiger partial charge in [0.2, 0.25) is 5.82 Å². The van der Waals surface area contributed by atoms with Gasteiger partial charge in [0.15, 0.2) is 5.65 Å². The molecule has 0 N–H and O–H groups in total. The molecule has 9 nitrogen and oxygen atoms in total. The van der Waals surface area contributed by atoms with Crippen molar-refractivity contribution in [1.82, 2.24) is 18.4 Å². The Balaban J connectivity index is 1.60. The second-order valence-electron chi connectivity index (χ2n) is 9.57. The lowest BCUT2D eigenvalue weighted by Gasteiger charge is -2.40. The van der Waals surface area contributed by atoms with Crippen molar-refractivity contribution in [2.75, 3.05) is 27.0 Å². The number of aromatic nitrogens is 3. The van der Waals surface area contributed by atoms with Gasteiger partial charge in [-0.25, -0.2) is 17.4 Å². The number of quaternary nitrogens is 1. The molecule has 0 amide bonds. The summed E-state index contributed by atoms with van der Waals surface area (Å²) in [4.78, 5) is 9.10. The van der Waals surface area contributed by atoms with Gasteiger partial charge < -0.3 is 0 Å². The Kier molecular flexibility index (Phi) is 6.58. The molecular formula is C23H31N4O5S2+. The Morgan fingerprint density at radius 3 is 2.26 bits per heavy atom. The molecule has 1 aliphatic carbocycles. The van der Waals surface area contributed by atoms with Crippen molar-refractivity contribution in [2.24, 2.45) is 5.92 Å². The second kappa shape index (κ2) is 9.03. The number of hydrogen-bond acceptors (Lipinski definition) is 7. The van der Waals surface area contributed by atoms with Gasteiger partial charge in [0, 0.05) is 19.0 Å². The first-order valence-corrected chi connectivity index (χ1v) is 14.5. The summed E-state index contributed by atoms with van der Waals surface area (Å²) in [7, 11) is -3.08. The van der Waals surface area contributed by atoms with E-state index < -0.39 is 20.1 Å². The fourth-order valence-corrected chi connectivity index (χ4v) is 6.48. The maximum atomic E-state index is 13.3. The molecule has 0 radical (unpaired) electrons. The lowest BCUT2D eigenvalue weighted by molar-refractivity contribution is 0.154. The van der Waals surface area contributed by atoms with E-state index in [9.17, 15) is 16.8 Å². The zero-order valence-corrected chi connectivity index (χ0v) is 21.5. The molecule has 2 heterocycles. The highest BCUT2D eigenvalue weighted by Crippen LogP contribution is 2.36. The average Bonchev–Trinajstić information content (AvgIpc) is 3.23. The van der Waals surface area contributed by atoms with Gasteiger partial charge in [-0.1, -0.05) is 17.7 Å². The molecule has 34 heavy (non-hydrogen) atoms. The van der Waals surface area contributed by atoms with E-state index in [-0.39, 0.29) is 23.5 Å². The lowest BCUT2D eigenvalue weighted by Crippen LogP contribution is -2.52. The van der Waals surface area contributed by atoms with Crippen molar-refractivity contribution < 1.29 is 21.0 Å². The van der Waals surface area contributed by atoms with Crippen molar-refractivity contribution in [1.29, 1.82) is 0 Å². The maximum absolute atomic E-state index is 13.3. The van der Waals surface area contributed by atoms with E-state index in [1.54, 1.807) is 30.3 Å². The molecule has 0 bridgehead atoms. The highest BCUT2D eigenvalue weighted by atomic mass is 32.2. The second-order valence-corrected chi connectivity index (χ2v) is 13.0. The molecule has 4 rings (SSSR count). The molecule has 1 aromatic carbocycles. The van der Waals surface area contributed by atoms with Crippen LogP contribution in [0.25, 0.3) is 11.0 Å². The van der Waals surface area contributed by atoms with Crippen LogP contribution in [0.1, 0.15) is 31.2 Å². The molecule has 1 fully saturated rings. The van der Waals surface area contributed by atoms with Crippen LogP contribution < -0.4 is 4.48 Å². The molecule has 2 aromatic heterocycles. The first-order chi connectivity index (χ1) is 15.9. The number of fused-ring (bicyclic) bond motifs is 1. The minimum atomic E-state index is -3.80. The van der Waals surface area contributed by atoms with E-state index in [0.29, 0.717) is 15.5 Å². The van der Waals surface area contributed by atoms with Crippen LogP contribution in [-0.4, -0.2) is 63.8 Å². The zero-order valence-electron chi connectivity index (χ0n) is 19.9. The summed E-state index contributed by atoms with van der Waals surface area (Å²) in [6, 6.07) is 8.77. The zero-order chi connectivity index (χ0) is 24.7. The van der Waals surface area contributed by atoms with Gasteiger partial charge in [0.05, 0.1) is 37.9 Å². The number of hydrogen-bond donors (Lipinski definition) is 0. The first kappa shape index (κ1) is 24.8. The van der Waals surface area contributed by atoms with Gasteiger partial charge in [0.1, 0.15) is 11.7 Å². The third-order valence-electron chi connectivity index (χ3n) is 6.80. The molecule has 0 saturated heterocycles. The average molecular weight is 508 g/mol. The van der Waals surface area contributed by atoms with E-state index in [2.05, 4.69) is 24.1 Å². The molecule has 0 aliphatic heterocycles. The molecule has 184 valence electrons. The highest BCUT2D eigenvalue weighted by Gasteiger charge is 2.38. The standard InChI is InChI=1S/C23H31N4O5S2/c1-17-5-11-20(12-6-17)34(30,31)26-14-13-21-22(26)24-16-25-23(21)27(2,3)19-9-7-18(8-10-19)15-32-33(4,28)29/h5-6,11-14,16,18-19H,7-10,15H2,1-4H3/q+1. The van der Waals surface area contributed by atoms with Crippen LogP contribution in [0.3, 0.4) is 0 Å². The van der Waals surface area contributed by atoms with Gasteiger partial charge in [-0.2, -0.15) is 13.4 Å². The van der Waals surface area contributed by atoms with Crippen molar-refractivity contribution in [3.63, 3.8) is 0 Å². The predicted molar refractivity (Wildman–Crippen MR) is 131 cm³/mol. The smallest absolute Gasteiger partial charge is 0.269 e. The summed E-state index contributed by atoms with van der Waals surface area (Å²) in [6.07, 6.45) is 7.53.